The second-order valence-electron chi connectivity index (χ2n) is 5.23. The topological polar surface area (TPSA) is 110 Å². The van der Waals surface area contributed by atoms with Crippen LogP contribution in [0.3, 0.4) is 0 Å². The summed E-state index contributed by atoms with van der Waals surface area (Å²) in [5.41, 5.74) is 1.15. The number of hydrogen-bond acceptors (Lipinski definition) is 5. The molecule has 0 aliphatic rings. The molecule has 0 saturated carbocycles. The lowest BCUT2D eigenvalue weighted by Gasteiger charge is -2.20. The Bertz CT molecular complexity index is 1030. The highest BCUT2D eigenvalue weighted by Gasteiger charge is 2.26. The molecule has 0 bridgehead atoms. The molecule has 0 radical (unpaired) electrons. The van der Waals surface area contributed by atoms with Gasteiger partial charge in [-0.2, -0.15) is 10.4 Å². The minimum Gasteiger partial charge on any atom is -0.506 e. The number of benzene rings is 1. The van der Waals surface area contributed by atoms with Crippen molar-refractivity contribution in [2.75, 3.05) is 0 Å². The molecule has 122 valence electrons. The number of aromatic nitrogens is 2. The summed E-state index contributed by atoms with van der Waals surface area (Å²) in [5.74, 6) is -0.503. The van der Waals surface area contributed by atoms with Crippen LogP contribution in [-0.2, 0) is 0 Å². The summed E-state index contributed by atoms with van der Waals surface area (Å²) in [6, 6.07) is 5.07. The third kappa shape index (κ3) is 2.52. The maximum Gasteiger partial charge on any atom is 0.232 e. The van der Waals surface area contributed by atoms with Crippen LogP contribution < -0.4 is 5.55 Å². The lowest BCUT2D eigenvalue weighted by molar-refractivity contribution is 0.463. The summed E-state index contributed by atoms with van der Waals surface area (Å²) in [6.45, 7) is 1.90. The first-order valence-electron chi connectivity index (χ1n) is 7.10. The van der Waals surface area contributed by atoms with Crippen LogP contribution in [0.5, 0.6) is 5.75 Å². The molecule has 1 aromatic carbocycles. The first-order valence-corrected chi connectivity index (χ1v) is 7.86. The molecule has 3 N–H and O–H groups in total. The Morgan fingerprint density at radius 2 is 2.21 bits per heavy atom. The Morgan fingerprint density at radius 1 is 1.46 bits per heavy atom. The molecular weight excluding hydrogens is 351 g/mol. The number of H-pyrrole nitrogens is 1. The molecular formula is C16H12Cl2N4O2. The molecule has 0 saturated heterocycles. The normalized spacial score (nSPS) is 12.2. The Hall–Kier alpha value is -2.49. The highest BCUT2D eigenvalue weighted by molar-refractivity contribution is 6.35. The second-order valence-corrected chi connectivity index (χ2v) is 6.07. The van der Waals surface area contributed by atoms with E-state index in [1.54, 1.807) is 6.07 Å². The van der Waals surface area contributed by atoms with Gasteiger partial charge in [0.2, 0.25) is 11.3 Å². The monoisotopic (exact) mass is 362 g/mol. The number of nitrogens with one attached hydrogen (secondary N) is 2. The second kappa shape index (κ2) is 6.19. The third-order valence-electron chi connectivity index (χ3n) is 3.90. The average Bonchev–Trinajstić information content (AvgIpc) is 3.00. The number of nitrogens with zero attached hydrogens (tertiary/aromatic N) is 2. The van der Waals surface area contributed by atoms with Crippen LogP contribution in [-0.4, -0.2) is 15.3 Å². The molecule has 1 atom stereocenters. The number of aromatic hydroxyl groups is 1. The van der Waals surface area contributed by atoms with Gasteiger partial charge >= 0.3 is 0 Å². The van der Waals surface area contributed by atoms with Gasteiger partial charge in [-0.05, 0) is 24.1 Å². The molecule has 0 fully saturated rings. The van der Waals surface area contributed by atoms with Crippen LogP contribution in [0.2, 0.25) is 10.0 Å². The van der Waals surface area contributed by atoms with Gasteiger partial charge < -0.3 is 9.52 Å². The van der Waals surface area contributed by atoms with Crippen LogP contribution in [0.25, 0.3) is 11.1 Å². The minimum absolute atomic E-state index is 0.0891. The molecule has 1 unspecified atom stereocenters. The largest absolute Gasteiger partial charge is 0.506 e. The first-order chi connectivity index (χ1) is 11.5. The van der Waals surface area contributed by atoms with Crippen molar-refractivity contribution in [3.05, 3.63) is 50.6 Å². The molecule has 0 aliphatic heterocycles. The number of nitriles is 1. The highest BCUT2D eigenvalue weighted by Crippen LogP contribution is 2.42. The van der Waals surface area contributed by atoms with Gasteiger partial charge in [0.25, 0.3) is 0 Å². The first kappa shape index (κ1) is 16.4. The van der Waals surface area contributed by atoms with Crippen molar-refractivity contribution in [2.45, 2.75) is 19.3 Å². The lowest BCUT2D eigenvalue weighted by Crippen LogP contribution is -2.13. The van der Waals surface area contributed by atoms with Gasteiger partial charge in [-0.15, -0.1) is 0 Å². The SMILES string of the molecule is CCC(c1cc(Cl)cc(Cl)c1O)c1c(C#N)c(=N)oc2[nH]ncc12. The fourth-order valence-electron chi connectivity index (χ4n) is 2.86. The molecule has 0 amide bonds. The van der Waals surface area contributed by atoms with E-state index in [-0.39, 0.29) is 21.9 Å². The molecule has 3 rings (SSSR count). The summed E-state index contributed by atoms with van der Waals surface area (Å²) >= 11 is 12.1. The van der Waals surface area contributed by atoms with Crippen LogP contribution >= 0.6 is 23.2 Å². The lowest BCUT2D eigenvalue weighted by atomic mass is 9.85. The van der Waals surface area contributed by atoms with E-state index in [4.69, 9.17) is 33.0 Å². The van der Waals surface area contributed by atoms with Crippen molar-refractivity contribution in [2.24, 2.45) is 0 Å². The zero-order valence-electron chi connectivity index (χ0n) is 12.5. The molecule has 2 heterocycles. The van der Waals surface area contributed by atoms with Gasteiger partial charge in [0, 0.05) is 16.5 Å². The number of phenolic OH excluding ortho intramolecular Hbond substituents is 1. The molecule has 6 nitrogen and oxygen atoms in total. The van der Waals surface area contributed by atoms with E-state index < -0.39 is 5.92 Å². The fourth-order valence-corrected chi connectivity index (χ4v) is 3.37. The Labute approximate surface area is 146 Å². The van der Waals surface area contributed by atoms with Gasteiger partial charge in [0.05, 0.1) is 16.6 Å². The van der Waals surface area contributed by atoms with Crippen LogP contribution in [0.1, 0.15) is 36.0 Å². The van der Waals surface area contributed by atoms with Gasteiger partial charge in [0.1, 0.15) is 17.4 Å². The Kier molecular flexibility index (Phi) is 4.22. The Morgan fingerprint density at radius 3 is 2.88 bits per heavy atom. The van der Waals surface area contributed by atoms with E-state index in [1.807, 2.05) is 13.0 Å². The molecule has 3 aromatic rings. The molecule has 2 aromatic heterocycles. The highest BCUT2D eigenvalue weighted by atomic mass is 35.5. The van der Waals surface area contributed by atoms with Gasteiger partial charge in [0.15, 0.2) is 0 Å². The molecule has 0 aliphatic carbocycles. The summed E-state index contributed by atoms with van der Waals surface area (Å²) in [4.78, 5) is 0. The van der Waals surface area contributed by atoms with Crippen molar-refractivity contribution in [1.29, 1.82) is 10.7 Å². The number of fused-ring (bicyclic) bond motifs is 1. The van der Waals surface area contributed by atoms with E-state index >= 15 is 0 Å². The maximum absolute atomic E-state index is 10.4. The summed E-state index contributed by atoms with van der Waals surface area (Å²) in [6.07, 6.45) is 2.07. The van der Waals surface area contributed by atoms with E-state index in [0.29, 0.717) is 33.7 Å². The predicted molar refractivity (Wildman–Crippen MR) is 89.2 cm³/mol. The summed E-state index contributed by atoms with van der Waals surface area (Å²) < 4.78 is 5.28. The smallest absolute Gasteiger partial charge is 0.232 e. The van der Waals surface area contributed by atoms with Gasteiger partial charge in [-0.25, -0.2) is 5.10 Å². The number of halogens is 2. The number of hydrogen-bond donors (Lipinski definition) is 3. The number of phenols is 1. The van der Waals surface area contributed by atoms with Gasteiger partial charge in [-0.3, -0.25) is 5.41 Å². The van der Waals surface area contributed by atoms with Crippen molar-refractivity contribution in [1.82, 2.24) is 10.2 Å². The zero-order chi connectivity index (χ0) is 17.4. The number of rotatable bonds is 3. The van der Waals surface area contributed by atoms with Crippen LogP contribution in [0.15, 0.2) is 22.7 Å². The van der Waals surface area contributed by atoms with E-state index in [1.165, 1.54) is 12.3 Å². The zero-order valence-corrected chi connectivity index (χ0v) is 14.0. The molecule has 8 heteroatoms. The summed E-state index contributed by atoms with van der Waals surface area (Å²) in [5, 5.41) is 35.5. The quantitative estimate of drug-likeness (QED) is 0.652. The van der Waals surface area contributed by atoms with E-state index in [2.05, 4.69) is 10.2 Å². The molecule has 0 spiro atoms. The van der Waals surface area contributed by atoms with Crippen molar-refractivity contribution in [3.8, 4) is 11.8 Å². The Balaban J connectivity index is 2.39. The van der Waals surface area contributed by atoms with Crippen LogP contribution in [0, 0.1) is 16.7 Å². The standard InChI is InChI=1S/C16H12Cl2N4O2/c1-2-8(9-3-7(17)4-12(18)14(9)23)13-10(5-19)15(20)24-16-11(13)6-21-22-16/h3-4,6,8,20,23H,2H2,1H3,(H,21,22). The van der Waals surface area contributed by atoms with Crippen molar-refractivity contribution >= 4 is 34.3 Å². The van der Waals surface area contributed by atoms with E-state index in [0.717, 1.165) is 0 Å². The summed E-state index contributed by atoms with van der Waals surface area (Å²) in [7, 11) is 0. The average molecular weight is 363 g/mol. The van der Waals surface area contributed by atoms with Gasteiger partial charge in [-0.1, -0.05) is 30.1 Å². The predicted octanol–water partition coefficient (Wildman–Crippen LogP) is 4.06. The molecule has 24 heavy (non-hydrogen) atoms. The number of aromatic amines is 1. The van der Waals surface area contributed by atoms with Crippen molar-refractivity contribution in [3.63, 3.8) is 0 Å². The maximum atomic E-state index is 10.4. The van der Waals surface area contributed by atoms with Crippen molar-refractivity contribution < 1.29 is 9.52 Å². The third-order valence-corrected chi connectivity index (χ3v) is 4.40. The van der Waals surface area contributed by atoms with E-state index in [9.17, 15) is 10.4 Å². The fraction of sp³-hybridized carbons (Fsp3) is 0.188. The van der Waals surface area contributed by atoms with Crippen LogP contribution in [0.4, 0.5) is 0 Å². The minimum atomic E-state index is -0.406.